The van der Waals surface area contributed by atoms with Gasteiger partial charge in [-0.25, -0.2) is 0 Å². The number of hydrogen-bond donors (Lipinski definition) is 2. The van der Waals surface area contributed by atoms with E-state index in [0.717, 1.165) is 36.7 Å². The van der Waals surface area contributed by atoms with Gasteiger partial charge in [-0.3, -0.25) is 9.59 Å². The molecule has 2 atom stereocenters. The zero-order valence-electron chi connectivity index (χ0n) is 15.8. The highest BCUT2D eigenvalue weighted by Gasteiger charge is 2.61. The highest BCUT2D eigenvalue weighted by molar-refractivity contribution is 7.18. The van der Waals surface area contributed by atoms with Gasteiger partial charge in [0.2, 0.25) is 5.91 Å². The zero-order chi connectivity index (χ0) is 18.5. The van der Waals surface area contributed by atoms with Crippen molar-refractivity contribution in [3.63, 3.8) is 0 Å². The fourth-order valence-corrected chi connectivity index (χ4v) is 6.79. The lowest BCUT2D eigenvalue weighted by molar-refractivity contribution is -0.127. The minimum Gasteiger partial charge on any atom is -0.487 e. The molecule has 5 nitrogen and oxygen atoms in total. The van der Waals surface area contributed by atoms with Crippen LogP contribution in [0, 0.1) is 30.1 Å². The van der Waals surface area contributed by atoms with Crippen molar-refractivity contribution in [1.29, 1.82) is 0 Å². The molecule has 1 aromatic rings. The van der Waals surface area contributed by atoms with Crippen molar-refractivity contribution in [1.82, 2.24) is 5.32 Å². The van der Waals surface area contributed by atoms with Gasteiger partial charge in [0.15, 0.2) is 5.06 Å². The van der Waals surface area contributed by atoms with E-state index >= 15 is 0 Å². The van der Waals surface area contributed by atoms with E-state index in [1.54, 1.807) is 7.11 Å². The van der Waals surface area contributed by atoms with Crippen molar-refractivity contribution in [3.05, 3.63) is 11.1 Å². The van der Waals surface area contributed by atoms with Crippen molar-refractivity contribution < 1.29 is 14.3 Å². The predicted molar refractivity (Wildman–Crippen MR) is 103 cm³/mol. The number of nitrogens with one attached hydrogen (secondary N) is 2. The first-order valence-corrected chi connectivity index (χ1v) is 10.6. The van der Waals surface area contributed by atoms with Crippen LogP contribution in [-0.4, -0.2) is 25.5 Å². The molecule has 2 N–H and O–H groups in total. The van der Waals surface area contributed by atoms with Gasteiger partial charge in [0.1, 0.15) is 5.00 Å². The second-order valence-electron chi connectivity index (χ2n) is 8.33. The molecule has 6 heteroatoms. The number of methoxy groups -OCH3 is 1. The number of rotatable bonds is 6. The highest BCUT2D eigenvalue weighted by atomic mass is 32.1. The average molecular weight is 377 g/mol. The van der Waals surface area contributed by atoms with Gasteiger partial charge < -0.3 is 15.4 Å². The molecule has 2 amide bonds. The van der Waals surface area contributed by atoms with Gasteiger partial charge in [0, 0.05) is 12.1 Å². The predicted octanol–water partition coefficient (Wildman–Crippen LogP) is 3.97. The Labute approximate surface area is 158 Å². The molecule has 0 radical (unpaired) electrons. The molecule has 0 spiro atoms. The molecule has 1 aromatic heterocycles. The maximum absolute atomic E-state index is 13.3. The monoisotopic (exact) mass is 376 g/mol. The molecule has 4 saturated carbocycles. The van der Waals surface area contributed by atoms with E-state index in [2.05, 4.69) is 10.6 Å². The topological polar surface area (TPSA) is 67.4 Å². The van der Waals surface area contributed by atoms with Gasteiger partial charge in [-0.1, -0.05) is 18.3 Å². The molecule has 2 unspecified atom stereocenters. The second kappa shape index (κ2) is 6.55. The van der Waals surface area contributed by atoms with E-state index in [1.165, 1.54) is 30.6 Å². The molecule has 26 heavy (non-hydrogen) atoms. The summed E-state index contributed by atoms with van der Waals surface area (Å²) in [5.41, 5.74) is 1.16. The van der Waals surface area contributed by atoms with Crippen molar-refractivity contribution in [2.24, 2.45) is 23.2 Å². The Morgan fingerprint density at radius 3 is 2.54 bits per heavy atom. The van der Waals surface area contributed by atoms with Crippen LogP contribution in [-0.2, 0) is 4.79 Å². The molecule has 0 aromatic carbocycles. The molecule has 0 aliphatic heterocycles. The summed E-state index contributed by atoms with van der Waals surface area (Å²) in [6.07, 6.45) is 6.66. The van der Waals surface area contributed by atoms with Crippen LogP contribution in [0.3, 0.4) is 0 Å². The minimum atomic E-state index is -0.199. The fourth-order valence-electron chi connectivity index (χ4n) is 5.77. The summed E-state index contributed by atoms with van der Waals surface area (Å²) in [4.78, 5) is 26.0. The minimum absolute atomic E-state index is 0.126. The van der Waals surface area contributed by atoms with Gasteiger partial charge in [-0.2, -0.15) is 0 Å². The quantitative estimate of drug-likeness (QED) is 0.789. The third-order valence-corrected chi connectivity index (χ3v) is 7.89. The van der Waals surface area contributed by atoms with Crippen molar-refractivity contribution in [3.8, 4) is 5.06 Å². The van der Waals surface area contributed by atoms with E-state index in [4.69, 9.17) is 4.74 Å². The Kier molecular flexibility index (Phi) is 4.49. The van der Waals surface area contributed by atoms with Gasteiger partial charge >= 0.3 is 0 Å². The third-order valence-electron chi connectivity index (χ3n) is 6.72. The van der Waals surface area contributed by atoms with Crippen LogP contribution in [0.5, 0.6) is 5.06 Å². The molecule has 4 fully saturated rings. The van der Waals surface area contributed by atoms with Gasteiger partial charge in [0.25, 0.3) is 5.91 Å². The smallest absolute Gasteiger partial charge is 0.254 e. The number of amides is 2. The Morgan fingerprint density at radius 1 is 1.23 bits per heavy atom. The van der Waals surface area contributed by atoms with Crippen molar-refractivity contribution in [2.75, 3.05) is 19.0 Å². The van der Waals surface area contributed by atoms with E-state index in [-0.39, 0.29) is 17.2 Å². The summed E-state index contributed by atoms with van der Waals surface area (Å²) in [5.74, 6) is 1.98. The first kappa shape index (κ1) is 17.8. The molecular formula is C20H28N2O3S. The number of hydrogen-bond acceptors (Lipinski definition) is 4. The summed E-state index contributed by atoms with van der Waals surface area (Å²) < 4.78 is 5.42. The molecule has 1 heterocycles. The third kappa shape index (κ3) is 2.65. The number of thiophene rings is 1. The zero-order valence-corrected chi connectivity index (χ0v) is 16.6. The first-order chi connectivity index (χ1) is 12.5. The summed E-state index contributed by atoms with van der Waals surface area (Å²) >= 11 is 1.36. The molecule has 4 aliphatic rings. The number of carbonyl (C=O) groups is 2. The molecule has 142 valence electrons. The fraction of sp³-hybridized carbons (Fsp3) is 0.700. The van der Waals surface area contributed by atoms with E-state index in [1.807, 2.05) is 13.8 Å². The average Bonchev–Trinajstić information content (AvgIpc) is 3.16. The Balaban J connectivity index is 1.60. The lowest BCUT2D eigenvalue weighted by Gasteiger charge is -2.31. The lowest BCUT2D eigenvalue weighted by atomic mass is 9.75. The van der Waals surface area contributed by atoms with Crippen LogP contribution in [0.25, 0.3) is 0 Å². The van der Waals surface area contributed by atoms with Crippen LogP contribution in [0.4, 0.5) is 5.00 Å². The molecular weight excluding hydrogens is 348 g/mol. The van der Waals surface area contributed by atoms with Crippen LogP contribution in [0.15, 0.2) is 0 Å². The first-order valence-electron chi connectivity index (χ1n) is 9.75. The van der Waals surface area contributed by atoms with Crippen molar-refractivity contribution in [2.45, 2.75) is 52.4 Å². The van der Waals surface area contributed by atoms with Gasteiger partial charge in [-0.15, -0.1) is 0 Å². The summed E-state index contributed by atoms with van der Waals surface area (Å²) in [6, 6.07) is 0. The van der Waals surface area contributed by atoms with E-state index in [9.17, 15) is 9.59 Å². The maximum Gasteiger partial charge on any atom is 0.254 e. The van der Waals surface area contributed by atoms with Gasteiger partial charge in [0.05, 0.1) is 18.1 Å². The molecule has 0 saturated heterocycles. The van der Waals surface area contributed by atoms with Crippen LogP contribution in [0.2, 0.25) is 0 Å². The number of carbonyl (C=O) groups excluding carboxylic acids is 2. The standard InChI is InChI=1S/C20H28N2O3S/c1-4-5-21-16(23)15-11(2)18(25-3)26-17(15)22-19(24)20-9-12-6-13(10-20)8-14(20)7-12/h12-14H,4-10H2,1-3H3,(H,21,23)(H,22,24). The van der Waals surface area contributed by atoms with Crippen LogP contribution in [0.1, 0.15) is 61.4 Å². The summed E-state index contributed by atoms with van der Waals surface area (Å²) in [5, 5.41) is 7.41. The maximum atomic E-state index is 13.3. The Morgan fingerprint density at radius 2 is 1.92 bits per heavy atom. The second-order valence-corrected chi connectivity index (χ2v) is 9.32. The molecule has 4 aliphatic carbocycles. The Bertz CT molecular complexity index is 728. The van der Waals surface area contributed by atoms with Crippen LogP contribution >= 0.6 is 11.3 Å². The number of ether oxygens (including phenoxy) is 1. The molecule has 4 bridgehead atoms. The lowest BCUT2D eigenvalue weighted by Crippen LogP contribution is -2.37. The Hall–Kier alpha value is -1.56. The molecule has 5 rings (SSSR count). The highest BCUT2D eigenvalue weighted by Crippen LogP contribution is 2.65. The largest absolute Gasteiger partial charge is 0.487 e. The normalized spacial score (nSPS) is 31.3. The van der Waals surface area contributed by atoms with Crippen molar-refractivity contribution >= 4 is 28.2 Å². The van der Waals surface area contributed by atoms with Gasteiger partial charge in [-0.05, 0) is 63.2 Å². The van der Waals surface area contributed by atoms with E-state index < -0.39 is 0 Å². The van der Waals surface area contributed by atoms with Crippen LogP contribution < -0.4 is 15.4 Å². The summed E-state index contributed by atoms with van der Waals surface area (Å²) in [7, 11) is 1.61. The summed E-state index contributed by atoms with van der Waals surface area (Å²) in [6.45, 7) is 4.53. The SMILES string of the molecule is CCCNC(=O)c1c(NC(=O)C23CC4CC(CC2C4)C3)sc(OC)c1C. The van der Waals surface area contributed by atoms with E-state index in [0.29, 0.717) is 28.1 Å². The number of anilines is 1.